The molecule has 3 N–H and O–H groups in total. The average Bonchev–Trinajstić information content (AvgIpc) is 2.49. The molecule has 0 saturated heterocycles. The number of hydrogen-bond acceptors (Lipinski definition) is 5. The third kappa shape index (κ3) is 9.39. The molecule has 0 spiro atoms. The number of hydrogen-bond donors (Lipinski definition) is 3. The van der Waals surface area contributed by atoms with Crippen LogP contribution in [-0.4, -0.2) is 49.1 Å². The molecule has 0 saturated carbocycles. The van der Waals surface area contributed by atoms with Crippen molar-refractivity contribution in [2.45, 2.75) is 65.5 Å². The van der Waals surface area contributed by atoms with Gasteiger partial charge in [0.2, 0.25) is 11.8 Å². The Balaban J connectivity index is 4.72. The zero-order valence-corrected chi connectivity index (χ0v) is 15.4. The number of ketones is 2. The number of nitrogens with one attached hydrogen (secondary N) is 3. The molecule has 138 valence electrons. The van der Waals surface area contributed by atoms with Gasteiger partial charge in [-0.1, -0.05) is 13.8 Å². The number of amides is 2. The molecule has 7 heteroatoms. The van der Waals surface area contributed by atoms with Crippen LogP contribution in [0.3, 0.4) is 0 Å². The van der Waals surface area contributed by atoms with Crippen LogP contribution in [0.1, 0.15) is 53.4 Å². The normalized spacial score (nSPS) is 13.2. The van der Waals surface area contributed by atoms with Gasteiger partial charge in [0.25, 0.3) is 0 Å². The van der Waals surface area contributed by atoms with Gasteiger partial charge in [0.05, 0.1) is 6.04 Å². The van der Waals surface area contributed by atoms with Crippen LogP contribution in [0.15, 0.2) is 0 Å². The summed E-state index contributed by atoms with van der Waals surface area (Å²) < 4.78 is 0. The summed E-state index contributed by atoms with van der Waals surface area (Å²) in [6, 6.07) is -1.28. The van der Waals surface area contributed by atoms with Crippen LogP contribution >= 0.6 is 0 Å². The van der Waals surface area contributed by atoms with Crippen molar-refractivity contribution in [3.63, 3.8) is 0 Å². The Labute approximate surface area is 144 Å². The van der Waals surface area contributed by atoms with Gasteiger partial charge < -0.3 is 20.7 Å². The smallest absolute Gasteiger partial charge is 0.243 e. The molecule has 0 bridgehead atoms. The molecule has 0 fully saturated rings. The number of carbonyl (C=O) groups is 4. The number of Topliss-reactive ketones (excluding diaryl/α,β-unsaturated/α-hetero) is 2. The number of carbonyl (C=O) groups excluding carboxylic acids is 4. The highest BCUT2D eigenvalue weighted by molar-refractivity contribution is 5.92. The van der Waals surface area contributed by atoms with E-state index >= 15 is 0 Å². The highest BCUT2D eigenvalue weighted by Gasteiger charge is 2.27. The summed E-state index contributed by atoms with van der Waals surface area (Å²) in [4.78, 5) is 47.0. The van der Waals surface area contributed by atoms with Crippen LogP contribution in [0.5, 0.6) is 0 Å². The lowest BCUT2D eigenvalue weighted by Gasteiger charge is -2.24. The molecule has 0 aliphatic rings. The molecule has 2 amide bonds. The molecule has 0 radical (unpaired) electrons. The minimum absolute atomic E-state index is 0.0597. The van der Waals surface area contributed by atoms with Crippen LogP contribution in [-0.2, 0) is 19.2 Å². The minimum atomic E-state index is -0.726. The molecule has 1 unspecified atom stereocenters. The quantitative estimate of drug-likeness (QED) is 0.450. The summed E-state index contributed by atoms with van der Waals surface area (Å²) in [5, 5.41) is 8.38. The average molecular weight is 341 g/mol. The summed E-state index contributed by atoms with van der Waals surface area (Å²) >= 11 is 0. The van der Waals surface area contributed by atoms with Crippen LogP contribution in [0.2, 0.25) is 0 Å². The van der Waals surface area contributed by atoms with Crippen molar-refractivity contribution in [2.75, 3.05) is 13.6 Å². The fraction of sp³-hybridized carbons (Fsp3) is 0.765. The Morgan fingerprint density at radius 1 is 0.958 bits per heavy atom. The Hall–Kier alpha value is -1.76. The van der Waals surface area contributed by atoms with Crippen molar-refractivity contribution < 1.29 is 19.2 Å². The van der Waals surface area contributed by atoms with Gasteiger partial charge in [-0.3, -0.25) is 14.4 Å². The molecule has 0 aromatic carbocycles. The lowest BCUT2D eigenvalue weighted by atomic mass is 10.0. The van der Waals surface area contributed by atoms with E-state index in [0.29, 0.717) is 6.42 Å². The van der Waals surface area contributed by atoms with Crippen molar-refractivity contribution in [2.24, 2.45) is 5.92 Å². The molecule has 24 heavy (non-hydrogen) atoms. The first-order valence-corrected chi connectivity index (χ1v) is 8.43. The third-order valence-electron chi connectivity index (χ3n) is 3.70. The number of rotatable bonds is 12. The fourth-order valence-corrected chi connectivity index (χ4v) is 2.19. The first kappa shape index (κ1) is 22.2. The van der Waals surface area contributed by atoms with Crippen molar-refractivity contribution in [1.29, 1.82) is 0 Å². The standard InChI is InChI=1S/C17H31N3O4/c1-11(2)16(20-15(23)9-8-12(3)21)17(24)19-14(13(4)22)7-6-10-18-5/h11,14,16,18H,6-10H2,1-5H3,(H,19,24)(H,20,23)/t14-,16?/m0/s1. The Morgan fingerprint density at radius 3 is 2.04 bits per heavy atom. The summed E-state index contributed by atoms with van der Waals surface area (Å²) in [6.45, 7) is 7.26. The fourth-order valence-electron chi connectivity index (χ4n) is 2.19. The van der Waals surface area contributed by atoms with Gasteiger partial charge >= 0.3 is 0 Å². The second kappa shape index (κ2) is 11.7. The van der Waals surface area contributed by atoms with E-state index in [1.807, 2.05) is 20.9 Å². The molecule has 0 heterocycles. The van der Waals surface area contributed by atoms with E-state index in [-0.39, 0.29) is 42.1 Å². The second-order valence-electron chi connectivity index (χ2n) is 6.41. The lowest BCUT2D eigenvalue weighted by molar-refractivity contribution is -0.132. The molecule has 0 aliphatic carbocycles. The van der Waals surface area contributed by atoms with E-state index in [1.165, 1.54) is 13.8 Å². The summed E-state index contributed by atoms with van der Waals surface area (Å²) in [7, 11) is 1.83. The van der Waals surface area contributed by atoms with Gasteiger partial charge in [0.1, 0.15) is 11.8 Å². The SMILES string of the molecule is CNCCC[C@H](NC(=O)C(NC(=O)CCC(C)=O)C(C)C)C(C)=O. The van der Waals surface area contributed by atoms with Crippen LogP contribution in [0, 0.1) is 5.92 Å². The summed E-state index contributed by atoms with van der Waals surface area (Å²) in [5.74, 6) is -1.02. The third-order valence-corrected chi connectivity index (χ3v) is 3.70. The maximum atomic E-state index is 12.4. The Morgan fingerprint density at radius 2 is 1.58 bits per heavy atom. The summed E-state index contributed by atoms with van der Waals surface area (Å²) in [6.07, 6.45) is 1.52. The highest BCUT2D eigenvalue weighted by atomic mass is 16.2. The van der Waals surface area contributed by atoms with Gasteiger partial charge in [-0.15, -0.1) is 0 Å². The largest absolute Gasteiger partial charge is 0.345 e. The van der Waals surface area contributed by atoms with Crippen LogP contribution in [0.25, 0.3) is 0 Å². The predicted octanol–water partition coefficient (Wildman–Crippen LogP) is 0.570. The van der Waals surface area contributed by atoms with Crippen LogP contribution in [0.4, 0.5) is 0 Å². The minimum Gasteiger partial charge on any atom is -0.345 e. The highest BCUT2D eigenvalue weighted by Crippen LogP contribution is 2.06. The van der Waals surface area contributed by atoms with Crippen molar-refractivity contribution in [3.05, 3.63) is 0 Å². The first-order valence-electron chi connectivity index (χ1n) is 8.43. The van der Waals surface area contributed by atoms with E-state index < -0.39 is 12.1 Å². The van der Waals surface area contributed by atoms with Gasteiger partial charge in [0, 0.05) is 12.8 Å². The first-order chi connectivity index (χ1) is 11.2. The molecule has 0 aromatic rings. The lowest BCUT2D eigenvalue weighted by Crippen LogP contribution is -2.53. The van der Waals surface area contributed by atoms with E-state index in [2.05, 4.69) is 16.0 Å². The van der Waals surface area contributed by atoms with E-state index in [4.69, 9.17) is 0 Å². The summed E-state index contributed by atoms with van der Waals surface area (Å²) in [5.41, 5.74) is 0. The molecule has 7 nitrogen and oxygen atoms in total. The monoisotopic (exact) mass is 341 g/mol. The zero-order chi connectivity index (χ0) is 18.7. The van der Waals surface area contributed by atoms with Crippen molar-refractivity contribution in [1.82, 2.24) is 16.0 Å². The topological polar surface area (TPSA) is 104 Å². The van der Waals surface area contributed by atoms with Gasteiger partial charge in [-0.25, -0.2) is 0 Å². The molecule has 0 rings (SSSR count). The second-order valence-corrected chi connectivity index (χ2v) is 6.41. The van der Waals surface area contributed by atoms with E-state index in [9.17, 15) is 19.2 Å². The molecule has 2 atom stereocenters. The molecular formula is C17H31N3O4. The maximum absolute atomic E-state index is 12.4. The Bertz CT molecular complexity index is 449. The van der Waals surface area contributed by atoms with Gasteiger partial charge in [0.15, 0.2) is 5.78 Å². The Kier molecular flexibility index (Phi) is 10.9. The zero-order valence-electron chi connectivity index (χ0n) is 15.4. The van der Waals surface area contributed by atoms with Crippen molar-refractivity contribution >= 4 is 23.4 Å². The van der Waals surface area contributed by atoms with Gasteiger partial charge in [-0.05, 0) is 46.2 Å². The predicted molar refractivity (Wildman–Crippen MR) is 92.5 cm³/mol. The molecule has 0 aliphatic heterocycles. The van der Waals surface area contributed by atoms with E-state index in [1.54, 1.807) is 0 Å². The molecule has 0 aromatic heterocycles. The van der Waals surface area contributed by atoms with E-state index in [0.717, 1.165) is 13.0 Å². The molecular weight excluding hydrogens is 310 g/mol. The van der Waals surface area contributed by atoms with Gasteiger partial charge in [-0.2, -0.15) is 0 Å². The maximum Gasteiger partial charge on any atom is 0.243 e. The van der Waals surface area contributed by atoms with Crippen molar-refractivity contribution in [3.8, 4) is 0 Å². The van der Waals surface area contributed by atoms with Crippen LogP contribution < -0.4 is 16.0 Å².